The molecule has 2 heterocycles. The fourth-order valence-electron chi connectivity index (χ4n) is 4.63. The van der Waals surface area contributed by atoms with Gasteiger partial charge in [0, 0.05) is 13.0 Å². The summed E-state index contributed by atoms with van der Waals surface area (Å²) in [6, 6.07) is -3.17. The number of Topliss-reactive ketones (excluding diaryl/α,β-unsaturated/α-hetero) is 1. The number of ether oxygens (including phenoxy) is 1. The monoisotopic (exact) mass is 632 g/mol. The predicted octanol–water partition coefficient (Wildman–Crippen LogP) is 2.08. The van der Waals surface area contributed by atoms with Gasteiger partial charge in [-0.05, 0) is 50.5 Å². The highest BCUT2D eigenvalue weighted by molar-refractivity contribution is 8.18. The maximum absolute atomic E-state index is 14.1. The molecule has 1 spiro atoms. The van der Waals surface area contributed by atoms with Crippen LogP contribution in [0, 0.1) is 5.41 Å². The van der Waals surface area contributed by atoms with E-state index in [4.69, 9.17) is 9.99 Å². The lowest BCUT2D eigenvalue weighted by Gasteiger charge is -2.36. The number of rotatable bonds is 10. The Morgan fingerprint density at radius 2 is 1.64 bits per heavy atom. The van der Waals surface area contributed by atoms with Crippen LogP contribution in [0.4, 0.5) is 4.79 Å². The lowest BCUT2D eigenvalue weighted by molar-refractivity contribution is -0.233. The van der Waals surface area contributed by atoms with E-state index in [0.717, 1.165) is 17.9 Å². The summed E-state index contributed by atoms with van der Waals surface area (Å²) in [5.74, 6) is -2.55. The molecule has 0 aromatic rings. The number of likely N-dealkylation sites (tertiary alicyclic amines) is 1. The lowest BCUT2D eigenvalue weighted by Crippen LogP contribution is -2.59. The molecule has 42 heavy (non-hydrogen) atoms. The third-order valence-electron chi connectivity index (χ3n) is 6.60. The average molecular weight is 633 g/mol. The molecule has 2 unspecified atom stereocenters. The van der Waals surface area contributed by atoms with Gasteiger partial charge in [0.15, 0.2) is 0 Å². The van der Waals surface area contributed by atoms with Crippen LogP contribution in [0.2, 0.25) is 0 Å². The summed E-state index contributed by atoms with van der Waals surface area (Å²) in [6.45, 7) is 11.9. The number of hydrogen-bond acceptors (Lipinski definition) is 11. The summed E-state index contributed by atoms with van der Waals surface area (Å²) >= 11 is 3.38. The summed E-state index contributed by atoms with van der Waals surface area (Å²) < 4.78 is 4.97. The molecule has 2 saturated heterocycles. The van der Waals surface area contributed by atoms with Gasteiger partial charge in [0.25, 0.3) is 5.91 Å². The van der Waals surface area contributed by atoms with E-state index < -0.39 is 75.3 Å². The second kappa shape index (κ2) is 14.8. The van der Waals surface area contributed by atoms with Gasteiger partial charge >= 0.3 is 12.1 Å². The quantitative estimate of drug-likeness (QED) is 0.157. The van der Waals surface area contributed by atoms with E-state index in [2.05, 4.69) is 20.8 Å². The number of alkyl carbamates (subject to hydrolysis) is 1. The van der Waals surface area contributed by atoms with Gasteiger partial charge in [-0.3, -0.25) is 24.1 Å². The molecule has 238 valence electrons. The Labute approximate surface area is 255 Å². The van der Waals surface area contributed by atoms with Crippen LogP contribution in [0.1, 0.15) is 74.1 Å². The van der Waals surface area contributed by atoms with Gasteiger partial charge in [0.2, 0.25) is 17.6 Å². The summed E-state index contributed by atoms with van der Waals surface area (Å²) in [6.07, 6.45) is 1.17. The number of hydrogen-bond donors (Lipinski definition) is 4. The van der Waals surface area contributed by atoms with E-state index in [1.54, 1.807) is 72.0 Å². The van der Waals surface area contributed by atoms with Crippen molar-refractivity contribution in [1.82, 2.24) is 20.9 Å². The minimum absolute atomic E-state index is 0.141. The van der Waals surface area contributed by atoms with Crippen LogP contribution in [-0.4, -0.2) is 98.1 Å². The molecule has 0 radical (unpaired) electrons. The minimum atomic E-state index is -1.20. The van der Waals surface area contributed by atoms with Crippen LogP contribution in [0.15, 0.2) is 0 Å². The number of nitrogens with one attached hydrogen (secondary N) is 3. The molecular weight excluding hydrogens is 588 g/mol. The van der Waals surface area contributed by atoms with Crippen molar-refractivity contribution < 1.29 is 43.6 Å². The van der Waals surface area contributed by atoms with Gasteiger partial charge in [-0.1, -0.05) is 34.1 Å². The van der Waals surface area contributed by atoms with Crippen LogP contribution in [0.25, 0.3) is 0 Å². The molecule has 0 aliphatic carbocycles. The summed E-state index contributed by atoms with van der Waals surface area (Å²) in [5, 5.41) is 15.8. The van der Waals surface area contributed by atoms with Crippen LogP contribution in [0.5, 0.6) is 0 Å². The number of nitrogens with zero attached hydrogens (tertiary/aromatic N) is 1. The molecule has 15 heteroatoms. The average Bonchev–Trinajstić information content (AvgIpc) is 3.26. The first-order chi connectivity index (χ1) is 19.4. The van der Waals surface area contributed by atoms with Crippen molar-refractivity contribution in [3.8, 4) is 0 Å². The van der Waals surface area contributed by atoms with E-state index in [9.17, 15) is 28.8 Å². The molecule has 0 aromatic carbocycles. The number of amides is 4. The highest BCUT2D eigenvalue weighted by Crippen LogP contribution is 2.50. The van der Waals surface area contributed by atoms with E-state index >= 15 is 0 Å². The van der Waals surface area contributed by atoms with Crippen molar-refractivity contribution in [2.75, 3.05) is 24.6 Å². The molecule has 2 aliphatic heterocycles. The van der Waals surface area contributed by atoms with E-state index in [0.29, 0.717) is 12.8 Å². The van der Waals surface area contributed by atoms with Crippen LogP contribution in [-0.2, 0) is 33.6 Å². The van der Waals surface area contributed by atoms with Crippen molar-refractivity contribution >= 4 is 59.1 Å². The molecule has 13 nitrogen and oxygen atoms in total. The first kappa shape index (κ1) is 35.7. The van der Waals surface area contributed by atoms with E-state index in [1.165, 1.54) is 4.90 Å². The normalized spacial score (nSPS) is 19.8. The second-order valence-corrected chi connectivity index (χ2v) is 15.7. The first-order valence-electron chi connectivity index (χ1n) is 14.0. The number of thioether (sulfide) groups is 2. The third kappa shape index (κ3) is 10.0. The Balaban J connectivity index is 2.33. The summed E-state index contributed by atoms with van der Waals surface area (Å²) in [7, 11) is 0. The summed E-state index contributed by atoms with van der Waals surface area (Å²) in [5.41, 5.74) is -1.51. The summed E-state index contributed by atoms with van der Waals surface area (Å²) in [4.78, 5) is 82.0. The van der Waals surface area contributed by atoms with Crippen molar-refractivity contribution in [2.24, 2.45) is 5.41 Å². The Bertz CT molecular complexity index is 1040. The second-order valence-electron chi connectivity index (χ2n) is 12.5. The fraction of sp³-hybridized carbons (Fsp3) is 0.778. The van der Waals surface area contributed by atoms with Gasteiger partial charge in [-0.25, -0.2) is 9.59 Å². The Morgan fingerprint density at radius 1 is 1.02 bits per heavy atom. The highest BCUT2D eigenvalue weighted by atomic mass is 32.2. The van der Waals surface area contributed by atoms with Crippen molar-refractivity contribution in [3.63, 3.8) is 0 Å². The number of carbonyl (C=O) groups is 6. The Hall–Kier alpha value is -2.52. The molecule has 4 amide bonds. The molecule has 2 aliphatic rings. The number of carbonyl (C=O) groups excluding carboxylic acids is 6. The zero-order valence-corrected chi connectivity index (χ0v) is 27.0. The Kier molecular flexibility index (Phi) is 12.6. The lowest BCUT2D eigenvalue weighted by atomic mass is 9.85. The van der Waals surface area contributed by atoms with Gasteiger partial charge < -0.3 is 25.6 Å². The maximum Gasteiger partial charge on any atom is 0.408 e. The first-order valence-corrected chi connectivity index (χ1v) is 15.9. The zero-order valence-electron chi connectivity index (χ0n) is 25.4. The molecule has 0 bridgehead atoms. The molecule has 4 N–H and O–H groups in total. The zero-order chi connectivity index (χ0) is 31.9. The molecule has 2 rings (SSSR count). The van der Waals surface area contributed by atoms with Gasteiger partial charge in [0.1, 0.15) is 24.2 Å². The van der Waals surface area contributed by atoms with Gasteiger partial charge in [-0.2, -0.15) is 5.26 Å². The van der Waals surface area contributed by atoms with Crippen molar-refractivity contribution in [2.45, 2.75) is 102 Å². The third-order valence-corrected chi connectivity index (χ3v) is 9.94. The van der Waals surface area contributed by atoms with E-state index in [-0.39, 0.29) is 13.0 Å². The Morgan fingerprint density at radius 3 is 2.17 bits per heavy atom. The van der Waals surface area contributed by atoms with Gasteiger partial charge in [0.05, 0.1) is 10.1 Å². The van der Waals surface area contributed by atoms with Gasteiger partial charge in [-0.15, -0.1) is 23.5 Å². The van der Waals surface area contributed by atoms with Crippen LogP contribution in [0.3, 0.4) is 0 Å². The van der Waals surface area contributed by atoms with Crippen molar-refractivity contribution in [1.29, 1.82) is 0 Å². The maximum atomic E-state index is 14.1. The fourth-order valence-corrected chi connectivity index (χ4v) is 7.98. The number of ketones is 1. The highest BCUT2D eigenvalue weighted by Gasteiger charge is 2.53. The molecule has 0 aromatic heterocycles. The standard InChI is InChI=1S/C27H44N4O9S2/c1-8-10-16(19(33)22(35)28-14-18(32)40-38)29-21(34)17-13-27(41-11-9-12-42-27)15-31(17)23(36)20(25(2,3)4)30-24(37)39-26(5,6)7/h16-17,20,38H,8-15H2,1-7H3,(H,28,35)(H,29,34)(H,30,37)/t16?,17-,20?/m0/s1. The van der Waals surface area contributed by atoms with Crippen LogP contribution >= 0.6 is 23.5 Å². The molecule has 0 saturated carbocycles. The SMILES string of the molecule is CCCC(NC(=O)[C@@H]1CC2(CN1C(=O)C(NC(=O)OC(C)(C)C)C(C)(C)C)SCCCS2)C(=O)C(=O)NCC(=O)OO. The predicted molar refractivity (Wildman–Crippen MR) is 159 cm³/mol. The minimum Gasteiger partial charge on any atom is -0.444 e. The van der Waals surface area contributed by atoms with Crippen molar-refractivity contribution in [3.05, 3.63) is 0 Å². The molecular formula is C27H44N4O9S2. The molecule has 3 atom stereocenters. The molecule has 2 fully saturated rings. The smallest absolute Gasteiger partial charge is 0.408 e. The largest absolute Gasteiger partial charge is 0.444 e. The van der Waals surface area contributed by atoms with Crippen LogP contribution < -0.4 is 16.0 Å². The topological polar surface area (TPSA) is 180 Å². The van der Waals surface area contributed by atoms with E-state index in [1.807, 2.05) is 0 Å².